The monoisotopic (exact) mass is 320 g/mol. The average molecular weight is 321 g/mol. The molecule has 0 heterocycles. The lowest BCUT2D eigenvalue weighted by molar-refractivity contribution is -0.118. The maximum atomic E-state index is 12.4. The number of nitrogen functional groups attached to an aromatic ring is 1. The van der Waals surface area contributed by atoms with E-state index in [4.69, 9.17) is 5.73 Å². The Morgan fingerprint density at radius 2 is 1.95 bits per heavy atom. The smallest absolute Gasteiger partial charge is 0.228 e. The molecule has 0 spiro atoms. The van der Waals surface area contributed by atoms with E-state index in [1.807, 2.05) is 18.2 Å². The van der Waals surface area contributed by atoms with Crippen molar-refractivity contribution in [1.82, 2.24) is 0 Å². The summed E-state index contributed by atoms with van der Waals surface area (Å²) in [4.78, 5) is 12.4. The number of hydrogen-bond donors (Lipinski definition) is 2. The van der Waals surface area contributed by atoms with Crippen molar-refractivity contribution in [2.24, 2.45) is 29.6 Å². The van der Waals surface area contributed by atoms with Crippen LogP contribution in [0.3, 0.4) is 0 Å². The van der Waals surface area contributed by atoms with E-state index in [-0.39, 0.29) is 11.8 Å². The van der Waals surface area contributed by atoms with Crippen molar-refractivity contribution in [2.45, 2.75) is 19.3 Å². The number of amides is 1. The molecule has 4 heteroatoms. The van der Waals surface area contributed by atoms with E-state index in [1.165, 1.54) is 19.3 Å². The summed E-state index contributed by atoms with van der Waals surface area (Å²) in [6.07, 6.45) is 4.06. The molecular weight excluding hydrogens is 304 g/mol. The van der Waals surface area contributed by atoms with Gasteiger partial charge in [-0.3, -0.25) is 4.79 Å². The third kappa shape index (κ3) is 1.72. The molecule has 3 N–H and O–H groups in total. The van der Waals surface area contributed by atoms with Gasteiger partial charge >= 0.3 is 0 Å². The highest BCUT2D eigenvalue weighted by Gasteiger charge is 2.67. The van der Waals surface area contributed by atoms with Crippen LogP contribution < -0.4 is 11.1 Å². The molecule has 3 saturated carbocycles. The van der Waals surface area contributed by atoms with Gasteiger partial charge in [0, 0.05) is 10.4 Å². The molecule has 2 bridgehead atoms. The second-order valence-corrected chi connectivity index (χ2v) is 7.15. The van der Waals surface area contributed by atoms with Crippen LogP contribution in [0.1, 0.15) is 19.3 Å². The third-order valence-electron chi connectivity index (χ3n) is 5.31. The number of hydrogen-bond acceptors (Lipinski definition) is 2. The number of rotatable bonds is 2. The van der Waals surface area contributed by atoms with Crippen LogP contribution in [0, 0.1) is 29.6 Å². The molecule has 0 radical (unpaired) electrons. The topological polar surface area (TPSA) is 55.1 Å². The van der Waals surface area contributed by atoms with Gasteiger partial charge in [-0.05, 0) is 61.1 Å². The van der Waals surface area contributed by atoms with Gasteiger partial charge in [-0.2, -0.15) is 0 Å². The van der Waals surface area contributed by atoms with Crippen molar-refractivity contribution >= 4 is 33.2 Å². The predicted molar refractivity (Wildman–Crippen MR) is 78.5 cm³/mol. The number of anilines is 2. The summed E-state index contributed by atoms with van der Waals surface area (Å²) in [5.41, 5.74) is 7.29. The van der Waals surface area contributed by atoms with E-state index < -0.39 is 0 Å². The van der Waals surface area contributed by atoms with Crippen LogP contribution >= 0.6 is 15.9 Å². The number of nitrogens with two attached hydrogens (primary N) is 1. The summed E-state index contributed by atoms with van der Waals surface area (Å²) in [6.45, 7) is 0. The Morgan fingerprint density at radius 1 is 1.26 bits per heavy atom. The highest BCUT2D eigenvalue weighted by atomic mass is 79.9. The SMILES string of the molecule is Nc1cc(Br)ccc1NC(=O)C1C2C3CCC(C3)C12. The van der Waals surface area contributed by atoms with E-state index in [9.17, 15) is 4.79 Å². The number of carbonyl (C=O) groups excluding carboxylic acids is 1. The van der Waals surface area contributed by atoms with Crippen molar-refractivity contribution < 1.29 is 4.79 Å². The fourth-order valence-corrected chi connectivity index (χ4v) is 4.92. The van der Waals surface area contributed by atoms with E-state index >= 15 is 0 Å². The number of carbonyl (C=O) groups is 1. The number of fused-ring (bicyclic) bond motifs is 5. The number of benzene rings is 1. The minimum Gasteiger partial charge on any atom is -0.397 e. The molecule has 4 atom stereocenters. The Labute approximate surface area is 121 Å². The summed E-state index contributed by atoms with van der Waals surface area (Å²) in [7, 11) is 0. The maximum Gasteiger partial charge on any atom is 0.228 e. The van der Waals surface area contributed by atoms with Crippen LogP contribution in [-0.2, 0) is 4.79 Å². The van der Waals surface area contributed by atoms with E-state index in [0.717, 1.165) is 22.0 Å². The van der Waals surface area contributed by atoms with Crippen molar-refractivity contribution in [3.05, 3.63) is 22.7 Å². The molecule has 0 aromatic heterocycles. The van der Waals surface area contributed by atoms with Crippen molar-refractivity contribution in [2.75, 3.05) is 11.1 Å². The molecule has 3 fully saturated rings. The molecule has 3 aliphatic rings. The molecule has 3 nitrogen and oxygen atoms in total. The quantitative estimate of drug-likeness (QED) is 0.822. The summed E-state index contributed by atoms with van der Waals surface area (Å²) >= 11 is 3.37. The van der Waals surface area contributed by atoms with Gasteiger partial charge in [-0.25, -0.2) is 0 Å². The van der Waals surface area contributed by atoms with E-state index in [2.05, 4.69) is 21.2 Å². The zero-order valence-electron chi connectivity index (χ0n) is 10.6. The van der Waals surface area contributed by atoms with Crippen LogP contribution in [0.4, 0.5) is 11.4 Å². The minimum atomic E-state index is 0.181. The second-order valence-electron chi connectivity index (χ2n) is 6.23. The molecule has 1 amide bonds. The molecule has 4 unspecified atom stereocenters. The Morgan fingerprint density at radius 3 is 2.58 bits per heavy atom. The van der Waals surface area contributed by atoms with Gasteiger partial charge in [0.1, 0.15) is 0 Å². The lowest BCUT2D eigenvalue weighted by Gasteiger charge is -2.11. The molecule has 1 aromatic carbocycles. The van der Waals surface area contributed by atoms with Gasteiger partial charge in [-0.15, -0.1) is 0 Å². The van der Waals surface area contributed by atoms with Gasteiger partial charge < -0.3 is 11.1 Å². The standard InChI is InChI=1S/C15H17BrN2O/c16-9-3-4-11(10(17)6-9)18-15(19)14-12-7-1-2-8(5-7)13(12)14/h3-4,6-8,12-14H,1-2,5,17H2,(H,18,19). The average Bonchev–Trinajstić information content (AvgIpc) is 2.82. The Hall–Kier alpha value is -1.03. The van der Waals surface area contributed by atoms with Crippen LogP contribution in [-0.4, -0.2) is 5.91 Å². The predicted octanol–water partition coefficient (Wildman–Crippen LogP) is 3.26. The third-order valence-corrected chi connectivity index (χ3v) is 5.80. The Kier molecular flexibility index (Phi) is 2.47. The fourth-order valence-electron chi connectivity index (χ4n) is 4.54. The molecule has 1 aromatic rings. The summed E-state index contributed by atoms with van der Waals surface area (Å²) in [6, 6.07) is 5.60. The largest absolute Gasteiger partial charge is 0.397 e. The zero-order valence-corrected chi connectivity index (χ0v) is 12.2. The van der Waals surface area contributed by atoms with E-state index in [1.54, 1.807) is 0 Å². The molecule has 100 valence electrons. The lowest BCUT2D eigenvalue weighted by atomic mass is 10.0. The summed E-state index contributed by atoms with van der Waals surface area (Å²) in [5.74, 6) is 3.45. The molecule has 0 aliphatic heterocycles. The minimum absolute atomic E-state index is 0.181. The van der Waals surface area contributed by atoms with Gasteiger partial charge in [0.2, 0.25) is 5.91 Å². The summed E-state index contributed by atoms with van der Waals surface area (Å²) < 4.78 is 0.935. The Bertz CT molecular complexity index is 543. The number of halogens is 1. The fraction of sp³-hybridized carbons (Fsp3) is 0.533. The first-order chi connectivity index (χ1) is 9.15. The molecule has 3 aliphatic carbocycles. The first kappa shape index (κ1) is 11.8. The van der Waals surface area contributed by atoms with Crippen molar-refractivity contribution in [3.63, 3.8) is 0 Å². The van der Waals surface area contributed by atoms with Crippen molar-refractivity contribution in [3.8, 4) is 0 Å². The second kappa shape index (κ2) is 3.98. The molecule has 4 rings (SSSR count). The van der Waals surface area contributed by atoms with E-state index in [0.29, 0.717) is 17.5 Å². The first-order valence-corrected chi connectivity index (χ1v) is 7.80. The van der Waals surface area contributed by atoms with Crippen LogP contribution in [0.15, 0.2) is 22.7 Å². The summed E-state index contributed by atoms with van der Waals surface area (Å²) in [5, 5.41) is 3.01. The molecular formula is C15H17BrN2O. The van der Waals surface area contributed by atoms with Crippen molar-refractivity contribution in [1.29, 1.82) is 0 Å². The van der Waals surface area contributed by atoms with Gasteiger partial charge in [0.15, 0.2) is 0 Å². The lowest BCUT2D eigenvalue weighted by Crippen LogP contribution is -2.19. The normalized spacial score (nSPS) is 38.1. The molecule has 0 saturated heterocycles. The van der Waals surface area contributed by atoms with Gasteiger partial charge in [-0.1, -0.05) is 15.9 Å². The highest BCUT2D eigenvalue weighted by Crippen LogP contribution is 2.69. The van der Waals surface area contributed by atoms with Crippen LogP contribution in [0.5, 0.6) is 0 Å². The highest BCUT2D eigenvalue weighted by molar-refractivity contribution is 9.10. The zero-order chi connectivity index (χ0) is 13.1. The van der Waals surface area contributed by atoms with Crippen LogP contribution in [0.25, 0.3) is 0 Å². The number of nitrogens with one attached hydrogen (secondary N) is 1. The molecule has 19 heavy (non-hydrogen) atoms. The van der Waals surface area contributed by atoms with Gasteiger partial charge in [0.05, 0.1) is 11.4 Å². The van der Waals surface area contributed by atoms with Gasteiger partial charge in [0.25, 0.3) is 0 Å². The van der Waals surface area contributed by atoms with Crippen LogP contribution in [0.2, 0.25) is 0 Å². The maximum absolute atomic E-state index is 12.4. The Balaban J connectivity index is 1.48. The first-order valence-electron chi connectivity index (χ1n) is 7.01.